The van der Waals surface area contributed by atoms with Gasteiger partial charge in [-0.2, -0.15) is 0 Å². The van der Waals surface area contributed by atoms with Crippen LogP contribution in [0.3, 0.4) is 0 Å². The lowest BCUT2D eigenvalue weighted by Crippen LogP contribution is -2.31. The van der Waals surface area contributed by atoms with Gasteiger partial charge in [-0.05, 0) is 37.5 Å². The Labute approximate surface area is 123 Å². The molecule has 1 aliphatic rings. The second-order valence-corrected chi connectivity index (χ2v) is 5.80. The molecule has 2 N–H and O–H groups in total. The van der Waals surface area contributed by atoms with E-state index in [1.54, 1.807) is 25.3 Å². The molecule has 0 aromatic heterocycles. The van der Waals surface area contributed by atoms with Crippen molar-refractivity contribution in [1.29, 1.82) is 0 Å². The summed E-state index contributed by atoms with van der Waals surface area (Å²) in [5, 5.41) is 14.7. The molecule has 1 fully saturated rings. The molecule has 2 rings (SSSR count). The fourth-order valence-corrected chi connectivity index (χ4v) is 2.92. The van der Waals surface area contributed by atoms with Gasteiger partial charge in [-0.25, -0.2) is 0 Å². The molecular weight excluding hydrogens is 285 g/mol. The van der Waals surface area contributed by atoms with Gasteiger partial charge < -0.3 is 15.2 Å². The summed E-state index contributed by atoms with van der Waals surface area (Å²) in [6.07, 6.45) is 2.83. The largest absolute Gasteiger partial charge is 0.387 e. The van der Waals surface area contributed by atoms with E-state index >= 15 is 0 Å². The first kappa shape index (κ1) is 15.1. The minimum absolute atomic E-state index is 0.337. The van der Waals surface area contributed by atoms with Gasteiger partial charge in [-0.15, -0.1) is 0 Å². The van der Waals surface area contributed by atoms with Crippen molar-refractivity contribution in [2.45, 2.75) is 37.5 Å². The van der Waals surface area contributed by atoms with Crippen molar-refractivity contribution in [3.8, 4) is 0 Å². The zero-order chi connectivity index (χ0) is 13.8. The highest BCUT2D eigenvalue weighted by atomic mass is 35.5. The highest BCUT2D eigenvalue weighted by Crippen LogP contribution is 2.27. The van der Waals surface area contributed by atoms with Gasteiger partial charge in [0.15, 0.2) is 0 Å². The number of aliphatic hydroxyl groups excluding tert-OH is 1. The third-order valence-corrected chi connectivity index (χ3v) is 4.21. The SMILES string of the molecule is COC1CCC(NCC(O)c2cc(Cl)ccc2Cl)C1. The Hall–Kier alpha value is -0.320. The van der Waals surface area contributed by atoms with Crippen LogP contribution in [0.2, 0.25) is 10.0 Å². The van der Waals surface area contributed by atoms with Gasteiger partial charge in [0.25, 0.3) is 0 Å². The van der Waals surface area contributed by atoms with Gasteiger partial charge in [-0.3, -0.25) is 0 Å². The van der Waals surface area contributed by atoms with Crippen molar-refractivity contribution in [2.24, 2.45) is 0 Å². The first-order valence-corrected chi connectivity index (χ1v) is 7.25. The predicted octanol–water partition coefficient (Wildman–Crippen LogP) is 3.18. The summed E-state index contributed by atoms with van der Waals surface area (Å²) in [5.41, 5.74) is 0.669. The molecule has 1 saturated carbocycles. The summed E-state index contributed by atoms with van der Waals surface area (Å²) in [5.74, 6) is 0. The Bertz CT molecular complexity index is 428. The summed E-state index contributed by atoms with van der Waals surface area (Å²) >= 11 is 12.0. The fourth-order valence-electron chi connectivity index (χ4n) is 2.50. The lowest BCUT2D eigenvalue weighted by Gasteiger charge is -2.18. The molecule has 19 heavy (non-hydrogen) atoms. The molecule has 1 aromatic carbocycles. The van der Waals surface area contributed by atoms with Gasteiger partial charge >= 0.3 is 0 Å². The minimum atomic E-state index is -0.646. The predicted molar refractivity (Wildman–Crippen MR) is 77.9 cm³/mol. The van der Waals surface area contributed by atoms with Crippen LogP contribution >= 0.6 is 23.2 Å². The van der Waals surface area contributed by atoms with Crippen molar-refractivity contribution in [3.63, 3.8) is 0 Å². The van der Waals surface area contributed by atoms with E-state index in [9.17, 15) is 5.11 Å². The van der Waals surface area contributed by atoms with Crippen LogP contribution in [0, 0.1) is 0 Å². The third-order valence-electron chi connectivity index (χ3n) is 3.63. The molecule has 1 aromatic rings. The van der Waals surface area contributed by atoms with Gasteiger partial charge in [0.2, 0.25) is 0 Å². The average molecular weight is 304 g/mol. The maximum atomic E-state index is 10.2. The van der Waals surface area contributed by atoms with Gasteiger partial charge in [-0.1, -0.05) is 23.2 Å². The van der Waals surface area contributed by atoms with Crippen LogP contribution in [0.25, 0.3) is 0 Å². The molecule has 0 heterocycles. The first-order chi connectivity index (χ1) is 9.10. The Morgan fingerprint density at radius 2 is 2.21 bits per heavy atom. The molecule has 5 heteroatoms. The Morgan fingerprint density at radius 3 is 2.89 bits per heavy atom. The van der Waals surface area contributed by atoms with Crippen LogP contribution in [0.1, 0.15) is 30.9 Å². The van der Waals surface area contributed by atoms with E-state index in [1.807, 2.05) is 0 Å². The van der Waals surface area contributed by atoms with Crippen LogP contribution in [0.4, 0.5) is 0 Å². The molecule has 3 unspecified atom stereocenters. The van der Waals surface area contributed by atoms with Crippen molar-refractivity contribution < 1.29 is 9.84 Å². The van der Waals surface area contributed by atoms with E-state index in [1.165, 1.54) is 0 Å². The highest BCUT2D eigenvalue weighted by Gasteiger charge is 2.24. The second-order valence-electron chi connectivity index (χ2n) is 4.96. The standard InChI is InChI=1S/C14H19Cl2NO2/c1-19-11-4-3-10(7-11)17-8-14(18)12-6-9(15)2-5-13(12)16/h2,5-6,10-11,14,17-18H,3-4,7-8H2,1H3. The summed E-state index contributed by atoms with van der Waals surface area (Å²) in [7, 11) is 1.74. The van der Waals surface area contributed by atoms with E-state index in [0.717, 1.165) is 19.3 Å². The quantitative estimate of drug-likeness (QED) is 0.878. The van der Waals surface area contributed by atoms with Crippen LogP contribution in [-0.2, 0) is 4.74 Å². The molecule has 0 aliphatic heterocycles. The van der Waals surface area contributed by atoms with E-state index in [-0.39, 0.29) is 0 Å². The Morgan fingerprint density at radius 1 is 1.42 bits per heavy atom. The number of nitrogens with one attached hydrogen (secondary N) is 1. The minimum Gasteiger partial charge on any atom is -0.387 e. The normalized spacial score (nSPS) is 24.6. The number of halogens is 2. The summed E-state index contributed by atoms with van der Waals surface area (Å²) in [6.45, 7) is 0.473. The monoisotopic (exact) mass is 303 g/mol. The molecule has 0 bridgehead atoms. The molecule has 0 amide bonds. The maximum absolute atomic E-state index is 10.2. The number of rotatable bonds is 5. The molecule has 0 radical (unpaired) electrons. The van der Waals surface area contributed by atoms with E-state index in [2.05, 4.69) is 5.32 Å². The van der Waals surface area contributed by atoms with Crippen LogP contribution < -0.4 is 5.32 Å². The number of hydrogen-bond donors (Lipinski definition) is 2. The lowest BCUT2D eigenvalue weighted by molar-refractivity contribution is 0.105. The van der Waals surface area contributed by atoms with E-state index in [0.29, 0.717) is 34.3 Å². The summed E-state index contributed by atoms with van der Waals surface area (Å²) in [4.78, 5) is 0. The molecule has 1 aliphatic carbocycles. The number of ether oxygens (including phenoxy) is 1. The molecule has 3 atom stereocenters. The maximum Gasteiger partial charge on any atom is 0.0929 e. The Kier molecular flexibility index (Phi) is 5.48. The van der Waals surface area contributed by atoms with E-state index < -0.39 is 6.10 Å². The highest BCUT2D eigenvalue weighted by molar-refractivity contribution is 6.33. The summed E-state index contributed by atoms with van der Waals surface area (Å²) in [6, 6.07) is 5.53. The van der Waals surface area contributed by atoms with Gasteiger partial charge in [0, 0.05) is 35.3 Å². The zero-order valence-electron chi connectivity index (χ0n) is 10.9. The Balaban J connectivity index is 1.87. The molecule has 106 valence electrons. The van der Waals surface area contributed by atoms with Crippen molar-refractivity contribution in [2.75, 3.05) is 13.7 Å². The fraction of sp³-hybridized carbons (Fsp3) is 0.571. The molecule has 0 spiro atoms. The van der Waals surface area contributed by atoms with Gasteiger partial charge in [0.05, 0.1) is 12.2 Å². The van der Waals surface area contributed by atoms with Crippen molar-refractivity contribution in [1.82, 2.24) is 5.32 Å². The van der Waals surface area contributed by atoms with Crippen LogP contribution in [0.15, 0.2) is 18.2 Å². The number of benzene rings is 1. The van der Waals surface area contributed by atoms with Crippen molar-refractivity contribution in [3.05, 3.63) is 33.8 Å². The smallest absolute Gasteiger partial charge is 0.0929 e. The topological polar surface area (TPSA) is 41.5 Å². The first-order valence-electron chi connectivity index (χ1n) is 6.49. The number of hydrogen-bond acceptors (Lipinski definition) is 3. The van der Waals surface area contributed by atoms with Crippen LogP contribution in [-0.4, -0.2) is 30.9 Å². The number of methoxy groups -OCH3 is 1. The lowest BCUT2D eigenvalue weighted by atomic mass is 10.1. The molecule has 0 saturated heterocycles. The zero-order valence-corrected chi connectivity index (χ0v) is 12.4. The van der Waals surface area contributed by atoms with E-state index in [4.69, 9.17) is 27.9 Å². The van der Waals surface area contributed by atoms with Crippen LogP contribution in [0.5, 0.6) is 0 Å². The summed E-state index contributed by atoms with van der Waals surface area (Å²) < 4.78 is 5.33. The van der Waals surface area contributed by atoms with Gasteiger partial charge in [0.1, 0.15) is 0 Å². The molecular formula is C14H19Cl2NO2. The third kappa shape index (κ3) is 4.07. The van der Waals surface area contributed by atoms with Crippen molar-refractivity contribution >= 4 is 23.2 Å². The average Bonchev–Trinajstić information content (AvgIpc) is 2.87. The number of aliphatic hydroxyl groups is 1. The molecule has 3 nitrogen and oxygen atoms in total. The second kappa shape index (κ2) is 6.91.